The van der Waals surface area contributed by atoms with Crippen LogP contribution in [0.25, 0.3) is 0 Å². The smallest absolute Gasteiger partial charge is 0.246 e. The first-order chi connectivity index (χ1) is 15.2. The van der Waals surface area contributed by atoms with Crippen molar-refractivity contribution in [1.29, 1.82) is 0 Å². The Kier molecular flexibility index (Phi) is 7.86. The van der Waals surface area contributed by atoms with Crippen molar-refractivity contribution in [2.24, 2.45) is 17.8 Å². The van der Waals surface area contributed by atoms with E-state index in [-0.39, 0.29) is 42.4 Å². The zero-order chi connectivity index (χ0) is 23.6. The Balaban J connectivity index is 1.98. The van der Waals surface area contributed by atoms with E-state index in [1.165, 1.54) is 0 Å². The molecule has 0 aromatic rings. The van der Waals surface area contributed by atoms with E-state index in [2.05, 4.69) is 17.6 Å². The molecule has 3 N–H and O–H groups in total. The molecule has 0 aromatic heterocycles. The minimum absolute atomic E-state index is 0.0279. The molecule has 3 amide bonds. The fraction of sp³-hybridized carbons (Fsp3) is 0.875. The quantitative estimate of drug-likeness (QED) is 0.442. The summed E-state index contributed by atoms with van der Waals surface area (Å²) in [6.45, 7) is 10.4. The fourth-order valence-electron chi connectivity index (χ4n) is 6.10. The molecule has 2 bridgehead atoms. The number of ether oxygens (including phenoxy) is 1. The Morgan fingerprint density at radius 3 is 2.53 bits per heavy atom. The van der Waals surface area contributed by atoms with Gasteiger partial charge in [-0.15, -0.1) is 0 Å². The number of hydrogen-bond donors (Lipinski definition) is 3. The number of fused-ring (bicyclic) bond motifs is 1. The van der Waals surface area contributed by atoms with Gasteiger partial charge in [0.2, 0.25) is 17.7 Å². The summed E-state index contributed by atoms with van der Waals surface area (Å²) in [5.74, 6) is -1.67. The molecule has 3 saturated heterocycles. The number of rotatable bonds is 11. The van der Waals surface area contributed by atoms with Crippen LogP contribution in [0.5, 0.6) is 0 Å². The van der Waals surface area contributed by atoms with Gasteiger partial charge in [-0.1, -0.05) is 34.1 Å². The van der Waals surface area contributed by atoms with Gasteiger partial charge in [0.1, 0.15) is 11.6 Å². The van der Waals surface area contributed by atoms with Gasteiger partial charge in [0.05, 0.1) is 30.6 Å². The third-order valence-corrected chi connectivity index (χ3v) is 7.30. The Labute approximate surface area is 191 Å². The first-order valence-corrected chi connectivity index (χ1v) is 12.4. The van der Waals surface area contributed by atoms with Gasteiger partial charge in [-0.3, -0.25) is 14.4 Å². The molecule has 3 rings (SSSR count). The second kappa shape index (κ2) is 10.1. The lowest BCUT2D eigenvalue weighted by Crippen LogP contribution is -2.59. The van der Waals surface area contributed by atoms with Gasteiger partial charge < -0.3 is 25.4 Å². The highest BCUT2D eigenvalue weighted by Crippen LogP contribution is 2.58. The van der Waals surface area contributed by atoms with Gasteiger partial charge in [-0.2, -0.15) is 0 Å². The number of nitrogens with one attached hydrogen (secondary N) is 2. The maximum Gasteiger partial charge on any atom is 0.246 e. The van der Waals surface area contributed by atoms with Gasteiger partial charge in [0.25, 0.3) is 0 Å². The van der Waals surface area contributed by atoms with Crippen LogP contribution in [-0.2, 0) is 19.1 Å². The predicted molar refractivity (Wildman–Crippen MR) is 121 cm³/mol. The predicted octanol–water partition coefficient (Wildman–Crippen LogP) is 1.60. The molecular weight excluding hydrogens is 410 g/mol. The summed E-state index contributed by atoms with van der Waals surface area (Å²) in [6, 6.07) is -1.34. The molecule has 3 heterocycles. The van der Waals surface area contributed by atoms with E-state index in [0.717, 1.165) is 19.3 Å². The highest BCUT2D eigenvalue weighted by atomic mass is 16.5. The number of hydrogen-bond acceptors (Lipinski definition) is 5. The molecule has 3 aliphatic heterocycles. The van der Waals surface area contributed by atoms with Crippen LogP contribution in [0, 0.1) is 17.8 Å². The van der Waals surface area contributed by atoms with Crippen molar-refractivity contribution in [1.82, 2.24) is 15.5 Å². The molecule has 0 saturated carbocycles. The van der Waals surface area contributed by atoms with Crippen LogP contribution in [0.4, 0.5) is 0 Å². The monoisotopic (exact) mass is 451 g/mol. The summed E-state index contributed by atoms with van der Waals surface area (Å²) in [6.07, 6.45) is 4.05. The van der Waals surface area contributed by atoms with Crippen LogP contribution >= 0.6 is 0 Å². The number of amides is 3. The van der Waals surface area contributed by atoms with E-state index in [9.17, 15) is 19.5 Å². The third kappa shape index (κ3) is 4.28. The number of carbonyl (C=O) groups excluding carboxylic acids is 3. The highest BCUT2D eigenvalue weighted by Gasteiger charge is 2.75. The van der Waals surface area contributed by atoms with E-state index in [1.54, 1.807) is 4.90 Å². The largest absolute Gasteiger partial charge is 0.394 e. The van der Waals surface area contributed by atoms with Crippen molar-refractivity contribution in [2.45, 2.75) is 103 Å². The number of nitrogens with zero attached hydrogens (tertiary/aromatic N) is 1. The summed E-state index contributed by atoms with van der Waals surface area (Å²) < 4.78 is 6.41. The number of aliphatic hydroxyl groups excluding tert-OH is 1. The van der Waals surface area contributed by atoms with Crippen molar-refractivity contribution in [3.05, 3.63) is 0 Å². The maximum atomic E-state index is 13.8. The van der Waals surface area contributed by atoms with Crippen molar-refractivity contribution in [3.8, 4) is 0 Å². The Morgan fingerprint density at radius 2 is 1.94 bits per heavy atom. The van der Waals surface area contributed by atoms with Crippen molar-refractivity contribution in [3.63, 3.8) is 0 Å². The molecule has 0 radical (unpaired) electrons. The van der Waals surface area contributed by atoms with E-state index in [4.69, 9.17) is 4.74 Å². The number of carbonyl (C=O) groups is 3. The minimum atomic E-state index is -1.00. The minimum Gasteiger partial charge on any atom is -0.394 e. The first-order valence-electron chi connectivity index (χ1n) is 12.4. The fourth-order valence-corrected chi connectivity index (χ4v) is 6.10. The van der Waals surface area contributed by atoms with Gasteiger partial charge >= 0.3 is 0 Å². The van der Waals surface area contributed by atoms with E-state index in [0.29, 0.717) is 25.8 Å². The summed E-state index contributed by atoms with van der Waals surface area (Å²) in [4.78, 5) is 42.0. The van der Waals surface area contributed by atoms with Crippen LogP contribution in [0.1, 0.15) is 73.1 Å². The zero-order valence-electron chi connectivity index (χ0n) is 20.2. The average Bonchev–Trinajstić information content (AvgIpc) is 3.37. The first kappa shape index (κ1) is 25.0. The van der Waals surface area contributed by atoms with Gasteiger partial charge in [-0.25, -0.2) is 0 Å². The van der Waals surface area contributed by atoms with Crippen LogP contribution in [0.15, 0.2) is 0 Å². The number of aliphatic hydroxyl groups is 1. The summed E-state index contributed by atoms with van der Waals surface area (Å²) in [5.41, 5.74) is -1.00. The molecule has 1 spiro atoms. The zero-order valence-corrected chi connectivity index (χ0v) is 20.2. The van der Waals surface area contributed by atoms with Crippen molar-refractivity contribution >= 4 is 17.7 Å². The summed E-state index contributed by atoms with van der Waals surface area (Å²) in [7, 11) is 0. The number of likely N-dealkylation sites (tertiary alicyclic amines) is 1. The van der Waals surface area contributed by atoms with Gasteiger partial charge in [0, 0.05) is 12.6 Å². The van der Waals surface area contributed by atoms with Gasteiger partial charge in [-0.05, 0) is 44.9 Å². The molecule has 3 unspecified atom stereocenters. The molecular formula is C24H41N3O5. The second-order valence-corrected chi connectivity index (χ2v) is 10.3. The molecule has 7 atom stereocenters. The van der Waals surface area contributed by atoms with E-state index < -0.39 is 29.5 Å². The molecule has 3 aliphatic rings. The molecule has 8 heteroatoms. The van der Waals surface area contributed by atoms with E-state index >= 15 is 0 Å². The van der Waals surface area contributed by atoms with Crippen LogP contribution < -0.4 is 10.6 Å². The normalized spacial score (nSPS) is 32.8. The average molecular weight is 452 g/mol. The lowest BCUT2D eigenvalue weighted by molar-refractivity contribution is -0.146. The summed E-state index contributed by atoms with van der Waals surface area (Å²) in [5, 5.41) is 16.2. The van der Waals surface area contributed by atoms with Crippen LogP contribution in [-0.4, -0.2) is 70.7 Å². The Hall–Kier alpha value is -1.67. The lowest BCUT2D eigenvalue weighted by Gasteiger charge is -2.37. The molecule has 8 nitrogen and oxygen atoms in total. The Morgan fingerprint density at radius 1 is 1.22 bits per heavy atom. The Bertz CT molecular complexity index is 714. The van der Waals surface area contributed by atoms with Crippen molar-refractivity contribution in [2.75, 3.05) is 13.2 Å². The van der Waals surface area contributed by atoms with Crippen LogP contribution in [0.2, 0.25) is 0 Å². The summed E-state index contributed by atoms with van der Waals surface area (Å²) >= 11 is 0. The van der Waals surface area contributed by atoms with Crippen molar-refractivity contribution < 1.29 is 24.2 Å². The van der Waals surface area contributed by atoms with Crippen LogP contribution in [0.3, 0.4) is 0 Å². The molecule has 0 aromatic carbocycles. The maximum absolute atomic E-state index is 13.8. The topological polar surface area (TPSA) is 108 Å². The standard InChI is InChI=1S/C24H41N3O5/c1-6-8-15(5)26-22(30)20-24-10-9-17(32-24)18(21(29)25-11-7-2)19(24)23(31)27(20)16(13-28)12-14(3)4/h14-20,28H,6-13H2,1-5H3,(H,25,29)(H,26,30)/t15?,16-,17+,18-,19+,20?,24?/m1/s1. The molecule has 32 heavy (non-hydrogen) atoms. The second-order valence-electron chi connectivity index (χ2n) is 10.3. The SMILES string of the molecule is CCCNC(=O)[C@@H]1[C@@H]2CCC3(O2)C(C(=O)NC(C)CCC)N([C@@H](CO)CC(C)C)C(=O)[C@H]13. The van der Waals surface area contributed by atoms with Gasteiger partial charge in [0.15, 0.2) is 0 Å². The molecule has 3 fully saturated rings. The molecule has 0 aliphatic carbocycles. The highest BCUT2D eigenvalue weighted by molar-refractivity contribution is 5.99. The molecule has 182 valence electrons. The lowest BCUT2D eigenvalue weighted by atomic mass is 9.70. The third-order valence-electron chi connectivity index (χ3n) is 7.30. The van der Waals surface area contributed by atoms with E-state index in [1.807, 2.05) is 27.7 Å².